The number of morpholine rings is 1. The Morgan fingerprint density at radius 2 is 1.16 bits per heavy atom. The van der Waals surface area contributed by atoms with Crippen molar-refractivity contribution in [1.82, 2.24) is 90.9 Å². The number of hydrogen-bond donors (Lipinski definition) is 5. The number of halogens is 1. The minimum Gasteiger partial charge on any atom is -0.480 e. The van der Waals surface area contributed by atoms with E-state index in [4.69, 9.17) is 53.3 Å². The lowest BCUT2D eigenvalue weighted by Crippen LogP contribution is -2.37. The molecule has 7 aromatic carbocycles. The monoisotopic (exact) mass is 2040 g/mol. The van der Waals surface area contributed by atoms with Crippen LogP contribution < -0.4 is 36.6 Å². The highest BCUT2D eigenvalue weighted by Crippen LogP contribution is 2.42. The highest BCUT2D eigenvalue weighted by atomic mass is 35.5. The Balaban J connectivity index is 0.000000164. The fourth-order valence-electron chi connectivity index (χ4n) is 15.4. The smallest absolute Gasteiger partial charge is 0.233 e. The molecule has 34 heteroatoms. The van der Waals surface area contributed by atoms with Gasteiger partial charge in [0.15, 0.2) is 54.2 Å². The van der Waals surface area contributed by atoms with E-state index in [1.807, 2.05) is 117 Å². The van der Waals surface area contributed by atoms with Crippen molar-refractivity contribution in [1.29, 1.82) is 0 Å². The average molecular weight is 2050 g/mol. The molecule has 10 heterocycles. The Labute approximate surface area is 870 Å². The number of fused-ring (bicyclic) bond motifs is 2. The summed E-state index contributed by atoms with van der Waals surface area (Å²) in [5.41, 5.74) is 25.5. The topological polar surface area (TPSA) is 396 Å². The Hall–Kier alpha value is -14.3. The van der Waals surface area contributed by atoms with E-state index >= 15 is 0 Å². The summed E-state index contributed by atoms with van der Waals surface area (Å²) in [6, 6.07) is 57.1. The molecule has 147 heavy (non-hydrogen) atoms. The number of rotatable bonds is 28. The van der Waals surface area contributed by atoms with Crippen molar-refractivity contribution in [2.24, 2.45) is 5.92 Å². The van der Waals surface area contributed by atoms with Gasteiger partial charge in [0, 0.05) is 171 Å². The van der Waals surface area contributed by atoms with Crippen LogP contribution in [0.5, 0.6) is 5.88 Å². The number of methoxy groups -OCH3 is 1. The molecule has 0 spiro atoms. The van der Waals surface area contributed by atoms with Crippen LogP contribution in [-0.2, 0) is 42.2 Å². The van der Waals surface area contributed by atoms with Crippen molar-refractivity contribution >= 4 is 81.9 Å². The summed E-state index contributed by atoms with van der Waals surface area (Å²) in [6.07, 6.45) is 7.47. The first-order chi connectivity index (χ1) is 70.7. The molecule has 17 rings (SSSR count). The molecule has 768 valence electrons. The lowest BCUT2D eigenvalue weighted by molar-refractivity contribution is -0.0449. The Bertz CT molecular complexity index is 7550. The van der Waals surface area contributed by atoms with Crippen LogP contribution in [0.15, 0.2) is 251 Å². The summed E-state index contributed by atoms with van der Waals surface area (Å²) in [6.45, 7) is 47.2. The van der Waals surface area contributed by atoms with E-state index in [-0.39, 0.29) is 50.5 Å². The lowest BCUT2D eigenvalue weighted by atomic mass is 9.95. The number of aromatic nitrogens is 15. The van der Waals surface area contributed by atoms with E-state index in [0.29, 0.717) is 97.5 Å². The molecule has 0 aliphatic carbocycles. The molecule has 0 bridgehead atoms. The van der Waals surface area contributed by atoms with Gasteiger partial charge in [0.1, 0.15) is 41.8 Å². The first-order valence-corrected chi connectivity index (χ1v) is 52.2. The van der Waals surface area contributed by atoms with Crippen molar-refractivity contribution in [3.63, 3.8) is 0 Å². The van der Waals surface area contributed by atoms with Crippen LogP contribution in [0.3, 0.4) is 0 Å². The van der Waals surface area contributed by atoms with Crippen LogP contribution in [0.1, 0.15) is 177 Å². The minimum atomic E-state index is -3.36. The van der Waals surface area contributed by atoms with Gasteiger partial charge in [-0.05, 0) is 213 Å². The summed E-state index contributed by atoms with van der Waals surface area (Å²) in [5, 5.41) is 31.7. The van der Waals surface area contributed by atoms with E-state index in [9.17, 15) is 16.8 Å². The van der Waals surface area contributed by atoms with Gasteiger partial charge in [-0.25, -0.2) is 66.7 Å². The third-order valence-electron chi connectivity index (χ3n) is 23.8. The standard InChI is InChI=1S/C29H32ClN5O3.2C28H33N5O3S.C24H25N7.C4H10/c1-18-14-23(30)22(28(38-29(2,3)4)24-8-9-26(36-5)34-33-24)16-21(18)27-20-7-6-19(15-25(20)31-17-32-27)35-10-12-37-13-11-35;1-18(2)37(34,35)22-13-11-21(12-14-22)24-16-30-27(29)26(31-24)25-15-23(32-36-25)20-9-7-19(8-10-20)17-33(6)28(3,4)5;1-18(2)37(34,35)22-13-11-21(12-14-22)24-17-30-27(32-28(3,4)5)26(31-24)25-15-23(33-36-25)20-9-7-19(8-10-20)16-29-6;1-15(19-6-5-7-21-20(16(2)25-4)8-9-26-24(19)21)11-29-23-10-22(30-14-31-23)18-12-27-17(3)28-13-18;1-4(2)3/h6-9,14-17,28H,10-13H2,1-5H3;7-16,18H,17H2,1-6H3,(H2,29,30);7-15,17-18,29H,16H2,1-6H3,(H,30,32);5-10,12-15,25H,2,11H2,1,3-4H3,(H,29,30,31);4H,1-3H3/t28-;;;15-;/m0..1./s1/i;;;12D,13D;. The number of benzene rings is 7. The first-order valence-electron chi connectivity index (χ1n) is 49.7. The second-order valence-electron chi connectivity index (χ2n) is 40.0. The Morgan fingerprint density at radius 1 is 0.592 bits per heavy atom. The van der Waals surface area contributed by atoms with Gasteiger partial charge in [-0.1, -0.05) is 147 Å². The van der Waals surface area contributed by atoms with Gasteiger partial charge in [-0.2, -0.15) is 0 Å². The molecule has 1 aliphatic heterocycles. The number of nitrogens with zero attached hydrogens (tertiary/aromatic N) is 17. The molecule has 0 radical (unpaired) electrons. The van der Waals surface area contributed by atoms with Crippen LogP contribution in [-0.4, -0.2) is 185 Å². The SMILES string of the molecule is CC(C)C.CC(C)S(=O)(=O)c1ccc(-c2cnc(N)c(-c3cc(-c4ccc(CN(C)C(C)(C)C)cc4)no3)n2)cc1.CNCc1ccc(-c2cc(-c3nc(-c4ccc(S(=O)(=O)C(C)C)cc4)cnc3NC(C)(C)C)on2)cc1.COc1ccc([C@@H](OC(C)(C)C)c2cc(-c3ncnc4cc(N5CCOCC5)ccc34)c(C)cc2Cl)nn1.[2H]c1nc(C)nc([2H])c1-c1cc(NC[C@@H](C)c2cccc3c(C(=C)NC)ccnc23)ncn1. The van der Waals surface area contributed by atoms with Crippen LogP contribution in [0.4, 0.5) is 23.1 Å². The van der Waals surface area contributed by atoms with Crippen molar-refractivity contribution in [2.75, 3.05) is 82.4 Å². The fourth-order valence-corrected chi connectivity index (χ4v) is 17.8. The molecule has 0 unspecified atom stereocenters. The number of ether oxygens (including phenoxy) is 3. The highest BCUT2D eigenvalue weighted by molar-refractivity contribution is 7.92. The van der Waals surface area contributed by atoms with E-state index in [1.165, 1.54) is 17.5 Å². The average Bonchev–Trinajstić information content (AvgIpc) is 1.48. The summed E-state index contributed by atoms with van der Waals surface area (Å²) >= 11 is 6.84. The van der Waals surface area contributed by atoms with Crippen LogP contribution >= 0.6 is 11.6 Å². The van der Waals surface area contributed by atoms with Gasteiger partial charge in [0.2, 0.25) is 5.88 Å². The fraction of sp³-hybridized carbons (Fsp3) is 0.336. The van der Waals surface area contributed by atoms with E-state index in [0.717, 1.165) is 129 Å². The van der Waals surface area contributed by atoms with Crippen LogP contribution in [0, 0.1) is 19.8 Å². The van der Waals surface area contributed by atoms with Crippen molar-refractivity contribution < 1.29 is 42.8 Å². The maximum atomic E-state index is 12.5. The Kier molecular flexibility index (Phi) is 35.2. The molecule has 1 saturated heterocycles. The zero-order valence-corrected chi connectivity index (χ0v) is 90.2. The molecule has 0 amide bonds. The maximum absolute atomic E-state index is 12.5. The lowest BCUT2D eigenvalue weighted by Gasteiger charge is -2.31. The molecular weight excluding hydrogens is 1910 g/mol. The molecule has 6 N–H and O–H groups in total. The predicted octanol–water partition coefficient (Wildman–Crippen LogP) is 22.7. The molecule has 16 aromatic rings. The van der Waals surface area contributed by atoms with Crippen molar-refractivity contribution in [2.45, 2.75) is 194 Å². The van der Waals surface area contributed by atoms with E-state index in [2.05, 4.69) is 219 Å². The Morgan fingerprint density at radius 3 is 1.72 bits per heavy atom. The van der Waals surface area contributed by atoms with Gasteiger partial charge < -0.3 is 55.2 Å². The summed E-state index contributed by atoms with van der Waals surface area (Å²) in [5.74, 6) is 4.06. The van der Waals surface area contributed by atoms with E-state index in [1.54, 1.807) is 133 Å². The second-order valence-corrected chi connectivity index (χ2v) is 45.4. The normalized spacial score (nSPS) is 13.0. The molecule has 0 saturated carbocycles. The van der Waals surface area contributed by atoms with Gasteiger partial charge in [-0.3, -0.25) is 9.88 Å². The van der Waals surface area contributed by atoms with Gasteiger partial charge in [0.05, 0.1) is 101 Å². The molecule has 31 nitrogen and oxygen atoms in total. The quantitative estimate of drug-likeness (QED) is 0.0304. The molecule has 1 aliphatic rings. The van der Waals surface area contributed by atoms with Crippen LogP contribution in [0.25, 0.3) is 118 Å². The summed E-state index contributed by atoms with van der Waals surface area (Å²) < 4.78 is 94.6. The third-order valence-corrected chi connectivity index (χ3v) is 28.5. The van der Waals surface area contributed by atoms with Crippen molar-refractivity contribution in [3.05, 3.63) is 282 Å². The molecule has 2 atom stereocenters. The van der Waals surface area contributed by atoms with Gasteiger partial charge >= 0.3 is 0 Å². The number of nitrogens with two attached hydrogens (primary N) is 1. The zero-order valence-electron chi connectivity index (χ0n) is 89.8. The van der Waals surface area contributed by atoms with E-state index < -0.39 is 41.9 Å². The number of para-hydroxylation sites is 1. The number of aryl methyl sites for hydroxylation is 2. The number of pyridine rings is 1. The number of nitrogens with one attached hydrogen (secondary N) is 4. The summed E-state index contributed by atoms with van der Waals surface area (Å²) in [7, 11) is 0.734. The first kappa shape index (κ1) is 107. The van der Waals surface area contributed by atoms with Crippen molar-refractivity contribution in [3.8, 4) is 96.3 Å². The van der Waals surface area contributed by atoms with Crippen LogP contribution in [0.2, 0.25) is 5.02 Å². The zero-order chi connectivity index (χ0) is 108. The number of anilines is 4. The minimum absolute atomic E-state index is 0.0219. The largest absolute Gasteiger partial charge is 0.480 e. The molecular formula is C113H133ClN22O9S2. The van der Waals surface area contributed by atoms with Gasteiger partial charge in [0.25, 0.3) is 0 Å². The molecule has 9 aromatic heterocycles. The summed E-state index contributed by atoms with van der Waals surface area (Å²) in [4.78, 5) is 54.1. The molecule has 1 fully saturated rings. The maximum Gasteiger partial charge on any atom is 0.233 e. The number of hydrogen-bond acceptors (Lipinski definition) is 31. The second kappa shape index (κ2) is 48.3. The predicted molar refractivity (Wildman–Crippen MR) is 587 cm³/mol. The highest BCUT2D eigenvalue weighted by Gasteiger charge is 2.31. The number of nitrogen functional groups attached to an aromatic ring is 1. The third kappa shape index (κ3) is 28.5. The number of sulfone groups is 2. The van der Waals surface area contributed by atoms with Gasteiger partial charge in [-0.15, -0.1) is 10.2 Å².